The molecule has 0 aromatic heterocycles. The lowest BCUT2D eigenvalue weighted by molar-refractivity contribution is -0.150. The van der Waals surface area contributed by atoms with Gasteiger partial charge in [0.25, 0.3) is 0 Å². The van der Waals surface area contributed by atoms with Gasteiger partial charge in [-0.15, -0.1) is 12.4 Å². The van der Waals surface area contributed by atoms with Crippen molar-refractivity contribution in [2.45, 2.75) is 31.7 Å². The first-order valence-electron chi connectivity index (χ1n) is 6.11. The Hall–Kier alpha value is -0.330. The summed E-state index contributed by atoms with van der Waals surface area (Å²) in [5.41, 5.74) is -0.336. The molecule has 0 saturated carbocycles. The third kappa shape index (κ3) is 2.97. The lowest BCUT2D eigenvalue weighted by Crippen LogP contribution is -2.53. The Morgan fingerprint density at radius 3 is 2.56 bits per heavy atom. The third-order valence-corrected chi connectivity index (χ3v) is 5.52. The Labute approximate surface area is 114 Å². The van der Waals surface area contributed by atoms with E-state index in [9.17, 15) is 13.2 Å². The van der Waals surface area contributed by atoms with Gasteiger partial charge in [-0.2, -0.15) is 0 Å². The molecule has 2 aliphatic heterocycles. The van der Waals surface area contributed by atoms with E-state index in [1.807, 2.05) is 0 Å². The number of halogens is 1. The van der Waals surface area contributed by atoms with Crippen LogP contribution in [0.4, 0.5) is 0 Å². The minimum absolute atomic E-state index is 0. The van der Waals surface area contributed by atoms with Gasteiger partial charge >= 0.3 is 5.97 Å². The minimum atomic E-state index is -2.90. The Morgan fingerprint density at radius 1 is 1.39 bits per heavy atom. The Morgan fingerprint density at radius 2 is 2.00 bits per heavy atom. The molecule has 5 nitrogen and oxygen atoms in total. The van der Waals surface area contributed by atoms with Crippen LogP contribution in [0.3, 0.4) is 0 Å². The molecule has 18 heavy (non-hydrogen) atoms. The van der Waals surface area contributed by atoms with E-state index >= 15 is 0 Å². The van der Waals surface area contributed by atoms with Crippen LogP contribution < -0.4 is 5.32 Å². The fraction of sp³-hybridized carbons (Fsp3) is 0.909. The number of nitrogens with one attached hydrogen (secondary N) is 1. The molecule has 106 valence electrons. The van der Waals surface area contributed by atoms with E-state index < -0.39 is 9.84 Å². The van der Waals surface area contributed by atoms with E-state index in [1.54, 1.807) is 6.92 Å². The van der Waals surface area contributed by atoms with Gasteiger partial charge in [0.2, 0.25) is 0 Å². The second-order valence-electron chi connectivity index (χ2n) is 4.83. The summed E-state index contributed by atoms with van der Waals surface area (Å²) in [4.78, 5) is 11.9. The molecule has 2 rings (SSSR count). The summed E-state index contributed by atoms with van der Waals surface area (Å²) in [6, 6.07) is 0. The lowest BCUT2D eigenvalue weighted by Gasteiger charge is -2.37. The highest BCUT2D eigenvalue weighted by Crippen LogP contribution is 2.37. The van der Waals surface area contributed by atoms with Gasteiger partial charge in [-0.25, -0.2) is 8.42 Å². The van der Waals surface area contributed by atoms with Gasteiger partial charge in [-0.3, -0.25) is 4.79 Å². The number of carbonyl (C=O) groups is 1. The molecule has 2 fully saturated rings. The zero-order chi connectivity index (χ0) is 12.5. The van der Waals surface area contributed by atoms with Crippen molar-refractivity contribution in [1.82, 2.24) is 5.32 Å². The SMILES string of the molecule is CCOC(=O)C1CCNC12CCS(=O)(=O)CC2.Cl. The predicted octanol–water partition coefficient (Wildman–Crippen LogP) is 0.528. The minimum Gasteiger partial charge on any atom is -0.466 e. The van der Waals surface area contributed by atoms with Crippen molar-refractivity contribution in [1.29, 1.82) is 0 Å². The first-order chi connectivity index (χ1) is 7.99. The number of esters is 1. The second-order valence-corrected chi connectivity index (χ2v) is 7.13. The van der Waals surface area contributed by atoms with Crippen molar-refractivity contribution in [2.75, 3.05) is 24.7 Å². The molecule has 2 saturated heterocycles. The second kappa shape index (κ2) is 5.75. The topological polar surface area (TPSA) is 72.5 Å². The number of carbonyl (C=O) groups excluding carboxylic acids is 1. The molecule has 0 aliphatic carbocycles. The van der Waals surface area contributed by atoms with E-state index in [-0.39, 0.29) is 41.3 Å². The summed E-state index contributed by atoms with van der Waals surface area (Å²) in [5, 5.41) is 3.33. The van der Waals surface area contributed by atoms with E-state index in [1.165, 1.54) is 0 Å². The Balaban J connectivity index is 0.00000162. The van der Waals surface area contributed by atoms with E-state index in [0.29, 0.717) is 19.4 Å². The van der Waals surface area contributed by atoms with Gasteiger partial charge in [0.15, 0.2) is 0 Å². The fourth-order valence-corrected chi connectivity index (χ4v) is 4.43. The standard InChI is InChI=1S/C11H19NO4S.ClH/c1-2-16-10(13)9-3-6-12-11(9)4-7-17(14,15)8-5-11;/h9,12H,2-8H2,1H3;1H. The molecule has 0 aromatic rings. The van der Waals surface area contributed by atoms with Crippen LogP contribution >= 0.6 is 12.4 Å². The lowest BCUT2D eigenvalue weighted by atomic mass is 9.80. The van der Waals surface area contributed by atoms with Crippen molar-refractivity contribution in [3.05, 3.63) is 0 Å². The quantitative estimate of drug-likeness (QED) is 0.753. The maximum absolute atomic E-state index is 11.9. The highest BCUT2D eigenvalue weighted by Gasteiger charge is 2.49. The van der Waals surface area contributed by atoms with Crippen LogP contribution in [0.15, 0.2) is 0 Å². The van der Waals surface area contributed by atoms with E-state index in [4.69, 9.17) is 4.74 Å². The summed E-state index contributed by atoms with van der Waals surface area (Å²) in [5.74, 6) is -0.0130. The number of hydrogen-bond donors (Lipinski definition) is 1. The van der Waals surface area contributed by atoms with Gasteiger partial charge in [-0.1, -0.05) is 0 Å². The molecular weight excluding hydrogens is 278 g/mol. The summed E-state index contributed by atoms with van der Waals surface area (Å²) in [7, 11) is -2.90. The molecule has 0 bridgehead atoms. The van der Waals surface area contributed by atoms with Crippen LogP contribution in [0.2, 0.25) is 0 Å². The van der Waals surface area contributed by atoms with Crippen LogP contribution in [0.1, 0.15) is 26.2 Å². The molecule has 1 spiro atoms. The zero-order valence-corrected chi connectivity index (χ0v) is 12.1. The summed E-state index contributed by atoms with van der Waals surface area (Å²) < 4.78 is 28.0. The summed E-state index contributed by atoms with van der Waals surface area (Å²) in [6.45, 7) is 2.94. The summed E-state index contributed by atoms with van der Waals surface area (Å²) >= 11 is 0. The van der Waals surface area contributed by atoms with Crippen LogP contribution in [0.5, 0.6) is 0 Å². The van der Waals surface area contributed by atoms with Crippen LogP contribution in [0.25, 0.3) is 0 Å². The molecule has 0 radical (unpaired) electrons. The van der Waals surface area contributed by atoms with Gasteiger partial charge in [0.05, 0.1) is 24.0 Å². The molecule has 7 heteroatoms. The fourth-order valence-electron chi connectivity index (χ4n) is 2.88. The molecule has 1 atom stereocenters. The summed E-state index contributed by atoms with van der Waals surface area (Å²) in [6.07, 6.45) is 1.80. The molecule has 1 N–H and O–H groups in total. The maximum Gasteiger partial charge on any atom is 0.310 e. The Kier molecular flexibility index (Phi) is 5.03. The van der Waals surface area contributed by atoms with Crippen LogP contribution in [0, 0.1) is 5.92 Å². The molecule has 0 amide bonds. The first-order valence-corrected chi connectivity index (χ1v) is 7.93. The predicted molar refractivity (Wildman–Crippen MR) is 70.6 cm³/mol. The van der Waals surface area contributed by atoms with E-state index in [0.717, 1.165) is 13.0 Å². The molecule has 2 heterocycles. The largest absolute Gasteiger partial charge is 0.466 e. The van der Waals surface area contributed by atoms with Crippen LogP contribution in [-0.4, -0.2) is 44.6 Å². The average Bonchev–Trinajstić information content (AvgIpc) is 2.68. The van der Waals surface area contributed by atoms with Gasteiger partial charge < -0.3 is 10.1 Å². The smallest absolute Gasteiger partial charge is 0.310 e. The van der Waals surface area contributed by atoms with Crippen molar-refractivity contribution in [3.63, 3.8) is 0 Å². The van der Waals surface area contributed by atoms with Gasteiger partial charge in [0.1, 0.15) is 9.84 Å². The van der Waals surface area contributed by atoms with Crippen molar-refractivity contribution in [3.8, 4) is 0 Å². The molecule has 1 unspecified atom stereocenters. The molecule has 2 aliphatic rings. The maximum atomic E-state index is 11.9. The number of rotatable bonds is 2. The highest BCUT2D eigenvalue weighted by atomic mass is 35.5. The van der Waals surface area contributed by atoms with Crippen molar-refractivity contribution in [2.24, 2.45) is 5.92 Å². The zero-order valence-electron chi connectivity index (χ0n) is 10.5. The Bertz CT molecular complexity index is 395. The highest BCUT2D eigenvalue weighted by molar-refractivity contribution is 7.91. The normalized spacial score (nSPS) is 28.6. The third-order valence-electron chi connectivity index (χ3n) is 3.87. The van der Waals surface area contributed by atoms with Gasteiger partial charge in [0, 0.05) is 5.54 Å². The molecule has 0 aromatic carbocycles. The average molecular weight is 298 g/mol. The van der Waals surface area contributed by atoms with Crippen molar-refractivity contribution < 1.29 is 17.9 Å². The number of hydrogen-bond acceptors (Lipinski definition) is 5. The van der Waals surface area contributed by atoms with Crippen molar-refractivity contribution >= 4 is 28.2 Å². The van der Waals surface area contributed by atoms with E-state index in [2.05, 4.69) is 5.32 Å². The monoisotopic (exact) mass is 297 g/mol. The van der Waals surface area contributed by atoms with Crippen LogP contribution in [-0.2, 0) is 19.4 Å². The van der Waals surface area contributed by atoms with Gasteiger partial charge in [-0.05, 0) is 32.7 Å². The number of sulfone groups is 1. The number of ether oxygens (including phenoxy) is 1. The first kappa shape index (κ1) is 15.7. The molecular formula is C11H20ClNO4S.